The molecule has 0 radical (unpaired) electrons. The monoisotopic (exact) mass is 333 g/mol. The predicted molar refractivity (Wildman–Crippen MR) is 81.5 cm³/mol. The molecule has 1 aromatic carbocycles. The number of halogens is 1. The standard InChI is InChI=1S/C16H16BrNO2/c17-15-7-4-12(5-8-15)10-14(16(19)20)6-3-13-2-1-9-18-11-13/h1-2,4-5,7-9,11,14H,3,6,10H2,(H,19,20). The van der Waals surface area contributed by atoms with Crippen LogP contribution in [0.5, 0.6) is 0 Å². The number of nitrogens with zero attached hydrogens (tertiary/aromatic N) is 1. The number of aryl methyl sites for hydroxylation is 1. The molecule has 0 saturated carbocycles. The average molecular weight is 334 g/mol. The van der Waals surface area contributed by atoms with Crippen LogP contribution in [0.15, 0.2) is 53.3 Å². The van der Waals surface area contributed by atoms with Crippen LogP contribution in [-0.2, 0) is 17.6 Å². The number of hydrogen-bond donors (Lipinski definition) is 1. The van der Waals surface area contributed by atoms with E-state index >= 15 is 0 Å². The molecule has 3 nitrogen and oxygen atoms in total. The number of carbonyl (C=O) groups is 1. The zero-order chi connectivity index (χ0) is 14.4. The van der Waals surface area contributed by atoms with Gasteiger partial charge in [-0.05, 0) is 48.6 Å². The van der Waals surface area contributed by atoms with Crippen LogP contribution >= 0.6 is 15.9 Å². The highest BCUT2D eigenvalue weighted by molar-refractivity contribution is 9.10. The maximum Gasteiger partial charge on any atom is 0.306 e. The van der Waals surface area contributed by atoms with Gasteiger partial charge in [-0.2, -0.15) is 0 Å². The van der Waals surface area contributed by atoms with Crippen molar-refractivity contribution in [1.29, 1.82) is 0 Å². The molecule has 1 N–H and O–H groups in total. The van der Waals surface area contributed by atoms with Gasteiger partial charge < -0.3 is 5.11 Å². The van der Waals surface area contributed by atoms with Crippen molar-refractivity contribution in [3.05, 3.63) is 64.4 Å². The van der Waals surface area contributed by atoms with Crippen molar-refractivity contribution < 1.29 is 9.90 Å². The molecule has 0 aliphatic rings. The third kappa shape index (κ3) is 4.46. The Labute approximate surface area is 126 Å². The summed E-state index contributed by atoms with van der Waals surface area (Å²) in [5.74, 6) is -1.10. The summed E-state index contributed by atoms with van der Waals surface area (Å²) < 4.78 is 1.00. The van der Waals surface area contributed by atoms with E-state index in [0.29, 0.717) is 12.8 Å². The summed E-state index contributed by atoms with van der Waals surface area (Å²) in [4.78, 5) is 15.4. The van der Waals surface area contributed by atoms with Gasteiger partial charge in [0.15, 0.2) is 0 Å². The van der Waals surface area contributed by atoms with Gasteiger partial charge in [0, 0.05) is 16.9 Å². The highest BCUT2D eigenvalue weighted by Crippen LogP contribution is 2.18. The highest BCUT2D eigenvalue weighted by Gasteiger charge is 2.17. The van der Waals surface area contributed by atoms with Crippen LogP contribution in [-0.4, -0.2) is 16.1 Å². The lowest BCUT2D eigenvalue weighted by atomic mass is 9.93. The first kappa shape index (κ1) is 14.7. The summed E-state index contributed by atoms with van der Waals surface area (Å²) in [6.07, 6.45) is 5.43. The number of aliphatic carboxylic acids is 1. The van der Waals surface area contributed by atoms with Gasteiger partial charge in [0.25, 0.3) is 0 Å². The first-order valence-corrected chi connectivity index (χ1v) is 7.30. The van der Waals surface area contributed by atoms with Gasteiger partial charge in [-0.3, -0.25) is 9.78 Å². The molecule has 1 unspecified atom stereocenters. The van der Waals surface area contributed by atoms with Crippen LogP contribution in [0, 0.1) is 5.92 Å². The van der Waals surface area contributed by atoms with E-state index in [2.05, 4.69) is 20.9 Å². The second kappa shape index (κ2) is 7.20. The van der Waals surface area contributed by atoms with Crippen molar-refractivity contribution in [2.45, 2.75) is 19.3 Å². The predicted octanol–water partition coefficient (Wildman–Crippen LogP) is 3.72. The normalized spacial score (nSPS) is 12.1. The second-order valence-electron chi connectivity index (χ2n) is 4.77. The fraction of sp³-hybridized carbons (Fsp3) is 0.250. The van der Waals surface area contributed by atoms with Crippen molar-refractivity contribution in [2.75, 3.05) is 0 Å². The van der Waals surface area contributed by atoms with Gasteiger partial charge in [0.2, 0.25) is 0 Å². The van der Waals surface area contributed by atoms with Gasteiger partial charge in [0.05, 0.1) is 5.92 Å². The number of carboxylic acid groups (broad SMARTS) is 1. The topological polar surface area (TPSA) is 50.2 Å². The third-order valence-electron chi connectivity index (χ3n) is 3.25. The number of pyridine rings is 1. The van der Waals surface area contributed by atoms with Crippen LogP contribution in [0.25, 0.3) is 0 Å². The van der Waals surface area contributed by atoms with Crippen molar-refractivity contribution in [3.8, 4) is 0 Å². The number of benzene rings is 1. The minimum atomic E-state index is -0.739. The Hall–Kier alpha value is -1.68. The number of rotatable bonds is 6. The van der Waals surface area contributed by atoms with Gasteiger partial charge >= 0.3 is 5.97 Å². The van der Waals surface area contributed by atoms with E-state index in [1.165, 1.54) is 0 Å². The SMILES string of the molecule is O=C(O)C(CCc1cccnc1)Cc1ccc(Br)cc1. The average Bonchev–Trinajstić information content (AvgIpc) is 2.46. The Morgan fingerprint density at radius 2 is 1.95 bits per heavy atom. The minimum Gasteiger partial charge on any atom is -0.481 e. The number of aromatic nitrogens is 1. The molecule has 104 valence electrons. The molecule has 0 aliphatic carbocycles. The van der Waals surface area contributed by atoms with Crippen molar-refractivity contribution in [3.63, 3.8) is 0 Å². The van der Waals surface area contributed by atoms with Gasteiger partial charge in [-0.1, -0.05) is 34.1 Å². The summed E-state index contributed by atoms with van der Waals surface area (Å²) in [5.41, 5.74) is 2.13. The maximum atomic E-state index is 11.4. The van der Waals surface area contributed by atoms with Gasteiger partial charge in [-0.25, -0.2) is 0 Å². The summed E-state index contributed by atoms with van der Waals surface area (Å²) in [6.45, 7) is 0. The zero-order valence-electron chi connectivity index (χ0n) is 11.0. The number of hydrogen-bond acceptors (Lipinski definition) is 2. The van der Waals surface area contributed by atoms with E-state index in [4.69, 9.17) is 0 Å². The summed E-state index contributed by atoms with van der Waals surface area (Å²) in [7, 11) is 0. The fourth-order valence-corrected chi connectivity index (χ4v) is 2.37. The molecule has 2 aromatic rings. The second-order valence-corrected chi connectivity index (χ2v) is 5.68. The molecule has 20 heavy (non-hydrogen) atoms. The molecule has 0 spiro atoms. The molecule has 0 fully saturated rings. The summed E-state index contributed by atoms with van der Waals surface area (Å²) in [5, 5.41) is 9.34. The highest BCUT2D eigenvalue weighted by atomic mass is 79.9. The van der Waals surface area contributed by atoms with E-state index < -0.39 is 5.97 Å². The first-order chi connectivity index (χ1) is 9.65. The Balaban J connectivity index is 1.97. The minimum absolute atomic E-state index is 0.364. The molecule has 1 aromatic heterocycles. The van der Waals surface area contributed by atoms with Gasteiger partial charge in [-0.15, -0.1) is 0 Å². The van der Waals surface area contributed by atoms with Crippen molar-refractivity contribution in [2.24, 2.45) is 5.92 Å². The first-order valence-electron chi connectivity index (χ1n) is 6.51. The Morgan fingerprint density at radius 1 is 1.20 bits per heavy atom. The molecule has 1 heterocycles. The third-order valence-corrected chi connectivity index (χ3v) is 3.78. The van der Waals surface area contributed by atoms with E-state index in [-0.39, 0.29) is 5.92 Å². The largest absolute Gasteiger partial charge is 0.481 e. The van der Waals surface area contributed by atoms with E-state index in [1.807, 2.05) is 36.4 Å². The molecule has 2 rings (SSSR count). The lowest BCUT2D eigenvalue weighted by Gasteiger charge is -2.12. The smallest absolute Gasteiger partial charge is 0.306 e. The quantitative estimate of drug-likeness (QED) is 0.876. The summed E-state index contributed by atoms with van der Waals surface area (Å²) >= 11 is 3.38. The number of carboxylic acids is 1. The van der Waals surface area contributed by atoms with Crippen LogP contribution in [0.2, 0.25) is 0 Å². The molecule has 1 atom stereocenters. The molecular weight excluding hydrogens is 318 g/mol. The van der Waals surface area contributed by atoms with E-state index in [1.54, 1.807) is 12.4 Å². The lowest BCUT2D eigenvalue weighted by molar-refractivity contribution is -0.141. The summed E-state index contributed by atoms with van der Waals surface area (Å²) in [6, 6.07) is 11.7. The van der Waals surface area contributed by atoms with Crippen molar-refractivity contribution >= 4 is 21.9 Å². The molecule has 0 saturated heterocycles. The van der Waals surface area contributed by atoms with E-state index in [0.717, 1.165) is 22.0 Å². The Kier molecular flexibility index (Phi) is 5.30. The molecule has 0 aliphatic heterocycles. The van der Waals surface area contributed by atoms with Gasteiger partial charge in [0.1, 0.15) is 0 Å². The lowest BCUT2D eigenvalue weighted by Crippen LogP contribution is -2.17. The van der Waals surface area contributed by atoms with Crippen LogP contribution in [0.4, 0.5) is 0 Å². The zero-order valence-corrected chi connectivity index (χ0v) is 12.6. The Morgan fingerprint density at radius 3 is 2.55 bits per heavy atom. The van der Waals surface area contributed by atoms with E-state index in [9.17, 15) is 9.90 Å². The van der Waals surface area contributed by atoms with Crippen molar-refractivity contribution in [1.82, 2.24) is 4.98 Å². The molecular formula is C16H16BrNO2. The molecule has 0 bridgehead atoms. The van der Waals surface area contributed by atoms with Crippen LogP contribution in [0.3, 0.4) is 0 Å². The Bertz CT molecular complexity index is 554. The van der Waals surface area contributed by atoms with Crippen LogP contribution in [0.1, 0.15) is 17.5 Å². The fourth-order valence-electron chi connectivity index (χ4n) is 2.10. The molecule has 4 heteroatoms. The maximum absolute atomic E-state index is 11.4. The van der Waals surface area contributed by atoms with Crippen LogP contribution < -0.4 is 0 Å². The molecule has 0 amide bonds.